The molecule has 0 aliphatic carbocycles. The first-order valence-electron chi connectivity index (χ1n) is 9.26. The van der Waals surface area contributed by atoms with Crippen molar-refractivity contribution >= 4 is 29.2 Å². The van der Waals surface area contributed by atoms with Crippen LogP contribution in [0.25, 0.3) is 0 Å². The van der Waals surface area contributed by atoms with Crippen LogP contribution in [0.2, 0.25) is 5.02 Å². The number of amides is 1. The van der Waals surface area contributed by atoms with Crippen molar-refractivity contribution in [3.8, 4) is 5.75 Å². The average Bonchev–Trinajstić information content (AvgIpc) is 2.92. The minimum absolute atomic E-state index is 0.0254. The fourth-order valence-corrected chi connectivity index (χ4v) is 3.58. The van der Waals surface area contributed by atoms with Crippen LogP contribution in [0.1, 0.15) is 16.7 Å². The van der Waals surface area contributed by atoms with Gasteiger partial charge in [-0.15, -0.1) is 0 Å². The summed E-state index contributed by atoms with van der Waals surface area (Å²) in [5, 5.41) is 0.0925. The monoisotopic (exact) mass is 474 g/mol. The molecule has 0 bridgehead atoms. The van der Waals surface area contributed by atoms with Gasteiger partial charge in [0.15, 0.2) is 6.73 Å². The number of nitrogens with zero attached hydrogens (tertiary/aromatic N) is 2. The molecule has 0 saturated carbocycles. The van der Waals surface area contributed by atoms with Gasteiger partial charge in [-0.2, -0.15) is 13.2 Å². The SMILES string of the molecule is COc1ccc(Cl)cc1C1(F)C(=O)N(COC(=O)CN(C)C)c2cc(C(F)(F)F)ccc21. The quantitative estimate of drug-likeness (QED) is 0.468. The number of hydrogen-bond acceptors (Lipinski definition) is 5. The maximum atomic E-state index is 16.5. The van der Waals surface area contributed by atoms with Crippen molar-refractivity contribution in [1.29, 1.82) is 0 Å². The van der Waals surface area contributed by atoms with Gasteiger partial charge in [0.2, 0.25) is 5.67 Å². The number of hydrogen-bond donors (Lipinski definition) is 0. The summed E-state index contributed by atoms with van der Waals surface area (Å²) in [6.45, 7) is -0.908. The zero-order valence-electron chi connectivity index (χ0n) is 17.3. The maximum absolute atomic E-state index is 16.5. The lowest BCUT2D eigenvalue weighted by Gasteiger charge is -2.23. The Morgan fingerprint density at radius 1 is 1.16 bits per heavy atom. The minimum atomic E-state index is -4.74. The number of rotatable bonds is 6. The largest absolute Gasteiger partial charge is 0.496 e. The van der Waals surface area contributed by atoms with Crippen molar-refractivity contribution in [3.63, 3.8) is 0 Å². The van der Waals surface area contributed by atoms with E-state index >= 15 is 4.39 Å². The number of benzene rings is 2. The van der Waals surface area contributed by atoms with Crippen LogP contribution >= 0.6 is 11.6 Å². The lowest BCUT2D eigenvalue weighted by atomic mass is 9.88. The Balaban J connectivity index is 2.13. The molecule has 0 spiro atoms. The van der Waals surface area contributed by atoms with Gasteiger partial charge in [0, 0.05) is 16.1 Å². The molecular weight excluding hydrogens is 456 g/mol. The van der Waals surface area contributed by atoms with E-state index < -0.39 is 36.0 Å². The van der Waals surface area contributed by atoms with Crippen molar-refractivity contribution in [2.45, 2.75) is 11.8 Å². The zero-order chi connectivity index (χ0) is 23.8. The molecule has 0 fully saturated rings. The lowest BCUT2D eigenvalue weighted by Crippen LogP contribution is -2.40. The first-order chi connectivity index (χ1) is 14.9. The van der Waals surface area contributed by atoms with E-state index in [1.807, 2.05) is 0 Å². The fraction of sp³-hybridized carbons (Fsp3) is 0.333. The van der Waals surface area contributed by atoms with E-state index in [1.165, 1.54) is 30.2 Å². The fourth-order valence-electron chi connectivity index (χ4n) is 3.41. The van der Waals surface area contributed by atoms with Gasteiger partial charge in [0.25, 0.3) is 5.91 Å². The third kappa shape index (κ3) is 4.24. The topological polar surface area (TPSA) is 59.1 Å². The summed E-state index contributed by atoms with van der Waals surface area (Å²) < 4.78 is 66.6. The van der Waals surface area contributed by atoms with Crippen molar-refractivity contribution in [2.75, 3.05) is 39.4 Å². The molecule has 1 aliphatic rings. The Morgan fingerprint density at radius 3 is 2.44 bits per heavy atom. The summed E-state index contributed by atoms with van der Waals surface area (Å²) in [7, 11) is 4.46. The highest BCUT2D eigenvalue weighted by atomic mass is 35.5. The highest BCUT2D eigenvalue weighted by molar-refractivity contribution is 6.30. The van der Waals surface area contributed by atoms with Gasteiger partial charge in [-0.25, -0.2) is 4.39 Å². The lowest BCUT2D eigenvalue weighted by molar-refractivity contribution is -0.145. The molecule has 2 aromatic carbocycles. The number of fused-ring (bicyclic) bond motifs is 1. The number of likely N-dealkylation sites (N-methyl/N-ethyl adjacent to an activating group) is 1. The summed E-state index contributed by atoms with van der Waals surface area (Å²) in [5.41, 5.74) is -4.99. The molecule has 11 heteroatoms. The summed E-state index contributed by atoms with van der Waals surface area (Å²) in [6.07, 6.45) is -4.74. The molecule has 0 aromatic heterocycles. The van der Waals surface area contributed by atoms with Gasteiger partial charge in [-0.1, -0.05) is 17.7 Å². The van der Waals surface area contributed by atoms with Crippen LogP contribution in [0.15, 0.2) is 36.4 Å². The van der Waals surface area contributed by atoms with E-state index in [2.05, 4.69) is 0 Å². The van der Waals surface area contributed by atoms with Crippen LogP contribution in [0.4, 0.5) is 23.2 Å². The first kappa shape index (κ1) is 23.8. The van der Waals surface area contributed by atoms with Crippen LogP contribution in [0.3, 0.4) is 0 Å². The van der Waals surface area contributed by atoms with Gasteiger partial charge in [0.1, 0.15) is 5.75 Å². The number of methoxy groups -OCH3 is 1. The normalized spacial score (nSPS) is 18.2. The number of carbonyl (C=O) groups excluding carboxylic acids is 2. The molecule has 1 unspecified atom stereocenters. The van der Waals surface area contributed by atoms with Crippen LogP contribution in [0.5, 0.6) is 5.75 Å². The summed E-state index contributed by atoms with van der Waals surface area (Å²) >= 11 is 5.99. The van der Waals surface area contributed by atoms with Crippen molar-refractivity contribution < 1.29 is 36.6 Å². The summed E-state index contributed by atoms with van der Waals surface area (Å²) in [5.74, 6) is -2.00. The number of carbonyl (C=O) groups is 2. The van der Waals surface area contributed by atoms with Gasteiger partial charge in [-0.3, -0.25) is 19.4 Å². The molecule has 1 amide bonds. The molecule has 3 rings (SSSR count). The first-order valence-corrected chi connectivity index (χ1v) is 9.64. The number of halogens is 5. The average molecular weight is 475 g/mol. The zero-order valence-corrected chi connectivity index (χ0v) is 18.1. The van der Waals surface area contributed by atoms with E-state index in [-0.39, 0.29) is 34.1 Å². The molecule has 32 heavy (non-hydrogen) atoms. The predicted molar refractivity (Wildman–Crippen MR) is 108 cm³/mol. The Bertz CT molecular complexity index is 1060. The Labute approximate surface area is 186 Å². The molecule has 1 atom stereocenters. The molecule has 0 N–H and O–H groups in total. The highest BCUT2D eigenvalue weighted by Gasteiger charge is 2.55. The second kappa shape index (κ2) is 8.59. The number of alkyl halides is 4. The third-order valence-corrected chi connectivity index (χ3v) is 5.09. The summed E-state index contributed by atoms with van der Waals surface area (Å²) in [4.78, 5) is 27.3. The second-order valence-corrected chi connectivity index (χ2v) is 7.79. The van der Waals surface area contributed by atoms with E-state index in [0.29, 0.717) is 17.0 Å². The molecule has 1 aliphatic heterocycles. The second-order valence-electron chi connectivity index (χ2n) is 7.35. The van der Waals surface area contributed by atoms with Crippen LogP contribution in [0, 0.1) is 0 Å². The number of ether oxygens (including phenoxy) is 2. The van der Waals surface area contributed by atoms with E-state index in [0.717, 1.165) is 6.07 Å². The predicted octanol–water partition coefficient (Wildman–Crippen LogP) is 3.99. The smallest absolute Gasteiger partial charge is 0.416 e. The van der Waals surface area contributed by atoms with Crippen molar-refractivity contribution in [3.05, 3.63) is 58.1 Å². The molecule has 6 nitrogen and oxygen atoms in total. The third-order valence-electron chi connectivity index (χ3n) is 4.86. The number of anilines is 1. The highest BCUT2D eigenvalue weighted by Crippen LogP contribution is 2.51. The number of esters is 1. The van der Waals surface area contributed by atoms with E-state index in [4.69, 9.17) is 21.1 Å². The molecule has 0 radical (unpaired) electrons. The Hall–Kier alpha value is -2.85. The van der Waals surface area contributed by atoms with E-state index in [1.54, 1.807) is 14.1 Å². The minimum Gasteiger partial charge on any atom is -0.496 e. The Morgan fingerprint density at radius 2 is 1.84 bits per heavy atom. The Kier molecular flexibility index (Phi) is 6.39. The van der Waals surface area contributed by atoms with Crippen LogP contribution in [-0.4, -0.2) is 51.3 Å². The standard InChI is InChI=1S/C21H19ClF4N2O4/c1-27(2)10-18(29)32-11-28-16-8-12(21(24,25)26)4-6-14(16)20(23,19(28)30)15-9-13(22)5-7-17(15)31-3/h4-9H,10-11H2,1-3H3. The molecule has 1 heterocycles. The maximum Gasteiger partial charge on any atom is 0.416 e. The van der Waals surface area contributed by atoms with Crippen molar-refractivity contribution in [1.82, 2.24) is 4.90 Å². The molecule has 0 saturated heterocycles. The van der Waals surface area contributed by atoms with Gasteiger partial charge < -0.3 is 9.47 Å². The molecule has 172 valence electrons. The van der Waals surface area contributed by atoms with Gasteiger partial charge in [-0.05, 0) is 44.4 Å². The van der Waals surface area contributed by atoms with Gasteiger partial charge >= 0.3 is 12.1 Å². The molecule has 2 aromatic rings. The van der Waals surface area contributed by atoms with Gasteiger partial charge in [0.05, 0.1) is 24.9 Å². The van der Waals surface area contributed by atoms with Crippen molar-refractivity contribution in [2.24, 2.45) is 0 Å². The van der Waals surface area contributed by atoms with E-state index in [9.17, 15) is 22.8 Å². The van der Waals surface area contributed by atoms with Crippen LogP contribution in [-0.2, 0) is 26.2 Å². The molecular formula is C21H19ClF4N2O4. The summed E-state index contributed by atoms with van der Waals surface area (Å²) in [6, 6.07) is 6.14. The van der Waals surface area contributed by atoms with Crippen LogP contribution < -0.4 is 9.64 Å².